The van der Waals surface area contributed by atoms with Gasteiger partial charge in [-0.05, 0) is 69.3 Å². The monoisotopic (exact) mass is 359 g/mol. The average Bonchev–Trinajstić information content (AvgIpc) is 2.43. The maximum Gasteiger partial charge on any atom is 0.238 e. The summed E-state index contributed by atoms with van der Waals surface area (Å²) in [7, 11) is 0. The molecule has 2 rings (SSSR count). The van der Waals surface area contributed by atoms with Crippen molar-refractivity contribution in [1.82, 2.24) is 4.90 Å². The third-order valence-electron chi connectivity index (χ3n) is 4.24. The number of nitrogens with zero attached hydrogens (tertiary/aromatic N) is 1. The van der Waals surface area contributed by atoms with Crippen molar-refractivity contribution >= 4 is 35.6 Å². The van der Waals surface area contributed by atoms with Gasteiger partial charge in [-0.1, -0.05) is 17.7 Å². The second-order valence-electron chi connectivity index (χ2n) is 6.31. The third-order valence-corrected chi connectivity index (χ3v) is 4.54. The molecule has 0 aromatic heterocycles. The molecule has 1 aromatic rings. The molecule has 6 heteroatoms. The minimum atomic E-state index is 0. The van der Waals surface area contributed by atoms with Gasteiger partial charge in [-0.2, -0.15) is 0 Å². The van der Waals surface area contributed by atoms with E-state index in [-0.39, 0.29) is 18.3 Å². The van der Waals surface area contributed by atoms with Gasteiger partial charge in [0.25, 0.3) is 0 Å². The lowest BCUT2D eigenvalue weighted by atomic mass is 9.95. The minimum absolute atomic E-state index is 0. The van der Waals surface area contributed by atoms with Crippen LogP contribution in [-0.4, -0.2) is 37.0 Å². The van der Waals surface area contributed by atoms with Gasteiger partial charge in [0.1, 0.15) is 0 Å². The zero-order valence-electron chi connectivity index (χ0n) is 13.9. The number of piperidine rings is 1. The Morgan fingerprint density at radius 3 is 2.83 bits per heavy atom. The molecular formula is C17H27Cl2N3O. The van der Waals surface area contributed by atoms with Crippen LogP contribution >= 0.6 is 24.0 Å². The first-order valence-electron chi connectivity index (χ1n) is 7.98. The molecule has 1 aliphatic heterocycles. The summed E-state index contributed by atoms with van der Waals surface area (Å²) in [5.41, 5.74) is 8.47. The number of carbonyl (C=O) groups is 1. The Labute approximate surface area is 150 Å². The van der Waals surface area contributed by atoms with E-state index >= 15 is 0 Å². The van der Waals surface area contributed by atoms with Gasteiger partial charge in [-0.3, -0.25) is 9.69 Å². The zero-order chi connectivity index (χ0) is 16.1. The van der Waals surface area contributed by atoms with Crippen molar-refractivity contribution in [2.24, 2.45) is 11.7 Å². The number of aryl methyl sites for hydroxylation is 2. The maximum atomic E-state index is 12.3. The van der Waals surface area contributed by atoms with Crippen molar-refractivity contribution in [1.29, 1.82) is 0 Å². The number of likely N-dealkylation sites (tertiary alicyclic amines) is 1. The Bertz CT molecular complexity index is 512. The van der Waals surface area contributed by atoms with Gasteiger partial charge in [0.05, 0.1) is 17.3 Å². The number of anilines is 1. The number of rotatable bonds is 5. The summed E-state index contributed by atoms with van der Waals surface area (Å²) in [6, 6.07) is 3.90. The molecule has 1 fully saturated rings. The topological polar surface area (TPSA) is 58.4 Å². The van der Waals surface area contributed by atoms with Crippen LogP contribution in [0, 0.1) is 19.8 Å². The van der Waals surface area contributed by atoms with E-state index in [1.54, 1.807) is 0 Å². The Morgan fingerprint density at radius 1 is 1.43 bits per heavy atom. The molecule has 0 radical (unpaired) electrons. The molecule has 0 saturated carbocycles. The van der Waals surface area contributed by atoms with Gasteiger partial charge < -0.3 is 11.1 Å². The summed E-state index contributed by atoms with van der Waals surface area (Å²) >= 11 is 6.24. The second kappa shape index (κ2) is 9.48. The fourth-order valence-electron chi connectivity index (χ4n) is 3.22. The molecule has 1 heterocycles. The molecule has 1 unspecified atom stereocenters. The summed E-state index contributed by atoms with van der Waals surface area (Å²) in [5, 5.41) is 3.56. The van der Waals surface area contributed by atoms with E-state index in [0.29, 0.717) is 17.5 Å². The standard InChI is InChI=1S/C17H26ClN3O.ClH/c1-12-8-13(2)17(15(18)9-12)20-16(22)11-21-7-3-4-14(10-21)5-6-19;/h8-9,14H,3-7,10-11,19H2,1-2H3,(H,20,22);1H. The number of hydrogen-bond acceptors (Lipinski definition) is 3. The molecule has 3 N–H and O–H groups in total. The largest absolute Gasteiger partial charge is 0.330 e. The Hall–Kier alpha value is -0.810. The van der Waals surface area contributed by atoms with Crippen LogP contribution in [0.3, 0.4) is 0 Å². The van der Waals surface area contributed by atoms with Gasteiger partial charge in [0, 0.05) is 6.54 Å². The normalized spacial score (nSPS) is 18.3. The molecule has 0 aliphatic carbocycles. The van der Waals surface area contributed by atoms with E-state index in [1.807, 2.05) is 26.0 Å². The molecule has 0 spiro atoms. The quantitative estimate of drug-likeness (QED) is 0.846. The van der Waals surface area contributed by atoms with Crippen LogP contribution in [-0.2, 0) is 4.79 Å². The van der Waals surface area contributed by atoms with Gasteiger partial charge in [0.15, 0.2) is 0 Å². The highest BCUT2D eigenvalue weighted by molar-refractivity contribution is 6.34. The van der Waals surface area contributed by atoms with Crippen molar-refractivity contribution in [3.05, 3.63) is 28.3 Å². The van der Waals surface area contributed by atoms with Crippen LogP contribution in [0.25, 0.3) is 0 Å². The molecule has 1 atom stereocenters. The molecule has 4 nitrogen and oxygen atoms in total. The number of carbonyl (C=O) groups excluding carboxylic acids is 1. The summed E-state index contributed by atoms with van der Waals surface area (Å²) in [6.07, 6.45) is 3.40. The number of benzene rings is 1. The number of hydrogen-bond donors (Lipinski definition) is 2. The Balaban J connectivity index is 0.00000264. The van der Waals surface area contributed by atoms with E-state index in [2.05, 4.69) is 10.2 Å². The molecule has 1 aliphatic rings. The molecule has 0 bridgehead atoms. The van der Waals surface area contributed by atoms with Crippen LogP contribution in [0.2, 0.25) is 5.02 Å². The van der Waals surface area contributed by atoms with Crippen LogP contribution in [0.15, 0.2) is 12.1 Å². The van der Waals surface area contributed by atoms with Crippen LogP contribution < -0.4 is 11.1 Å². The SMILES string of the molecule is Cc1cc(C)c(NC(=O)CN2CCCC(CCN)C2)c(Cl)c1.Cl. The van der Waals surface area contributed by atoms with Crippen LogP contribution in [0.4, 0.5) is 5.69 Å². The fraction of sp³-hybridized carbons (Fsp3) is 0.588. The van der Waals surface area contributed by atoms with Crippen LogP contribution in [0.5, 0.6) is 0 Å². The molecule has 23 heavy (non-hydrogen) atoms. The predicted octanol–water partition coefficient (Wildman–Crippen LogP) is 3.38. The highest BCUT2D eigenvalue weighted by Gasteiger charge is 2.21. The van der Waals surface area contributed by atoms with Gasteiger partial charge in [-0.25, -0.2) is 0 Å². The molecule has 130 valence electrons. The first-order chi connectivity index (χ1) is 10.5. The smallest absolute Gasteiger partial charge is 0.238 e. The van der Waals surface area contributed by atoms with Crippen molar-refractivity contribution < 1.29 is 4.79 Å². The summed E-state index contributed by atoms with van der Waals surface area (Å²) in [4.78, 5) is 14.5. The van der Waals surface area contributed by atoms with Gasteiger partial charge in [0.2, 0.25) is 5.91 Å². The van der Waals surface area contributed by atoms with E-state index < -0.39 is 0 Å². The molecular weight excluding hydrogens is 333 g/mol. The number of nitrogens with two attached hydrogens (primary N) is 1. The molecule has 1 amide bonds. The minimum Gasteiger partial charge on any atom is -0.330 e. The fourth-order valence-corrected chi connectivity index (χ4v) is 3.59. The first-order valence-corrected chi connectivity index (χ1v) is 8.36. The third kappa shape index (κ3) is 5.96. The highest BCUT2D eigenvalue weighted by Crippen LogP contribution is 2.27. The van der Waals surface area contributed by atoms with Crippen molar-refractivity contribution in [2.45, 2.75) is 33.1 Å². The lowest BCUT2D eigenvalue weighted by Crippen LogP contribution is -2.41. The molecule has 1 aromatic carbocycles. The number of nitrogens with one attached hydrogen (secondary N) is 1. The second-order valence-corrected chi connectivity index (χ2v) is 6.71. The first kappa shape index (κ1) is 20.2. The average molecular weight is 360 g/mol. The van der Waals surface area contributed by atoms with Gasteiger partial charge in [-0.15, -0.1) is 12.4 Å². The van der Waals surface area contributed by atoms with Crippen molar-refractivity contribution in [2.75, 3.05) is 31.5 Å². The lowest BCUT2D eigenvalue weighted by molar-refractivity contribution is -0.117. The zero-order valence-corrected chi connectivity index (χ0v) is 15.5. The molecule has 1 saturated heterocycles. The Morgan fingerprint density at radius 2 is 2.17 bits per heavy atom. The summed E-state index contributed by atoms with van der Waals surface area (Å²) < 4.78 is 0. The maximum absolute atomic E-state index is 12.3. The van der Waals surface area contributed by atoms with E-state index in [4.69, 9.17) is 17.3 Å². The Kier molecular flexibility index (Phi) is 8.34. The van der Waals surface area contributed by atoms with Crippen LogP contribution in [0.1, 0.15) is 30.4 Å². The summed E-state index contributed by atoms with van der Waals surface area (Å²) in [5.74, 6) is 0.624. The van der Waals surface area contributed by atoms with Crippen molar-refractivity contribution in [3.8, 4) is 0 Å². The summed E-state index contributed by atoms with van der Waals surface area (Å²) in [6.45, 7) is 7.05. The lowest BCUT2D eigenvalue weighted by Gasteiger charge is -2.32. The van der Waals surface area contributed by atoms with E-state index in [9.17, 15) is 4.79 Å². The highest BCUT2D eigenvalue weighted by atomic mass is 35.5. The number of halogens is 2. The number of amides is 1. The van der Waals surface area contributed by atoms with E-state index in [1.165, 1.54) is 6.42 Å². The van der Waals surface area contributed by atoms with E-state index in [0.717, 1.165) is 49.3 Å². The van der Waals surface area contributed by atoms with Crippen molar-refractivity contribution in [3.63, 3.8) is 0 Å². The van der Waals surface area contributed by atoms with Gasteiger partial charge >= 0.3 is 0 Å². The predicted molar refractivity (Wildman–Crippen MR) is 99.6 cm³/mol.